The van der Waals surface area contributed by atoms with Crippen LogP contribution < -0.4 is 4.90 Å². The van der Waals surface area contributed by atoms with Crippen molar-refractivity contribution in [2.75, 3.05) is 4.90 Å². The highest BCUT2D eigenvalue weighted by Gasteiger charge is 2.19. The minimum absolute atomic E-state index is 0.873. The Balaban J connectivity index is 1.21. The summed E-state index contributed by atoms with van der Waals surface area (Å²) < 4.78 is 8.77. The number of furan rings is 1. The van der Waals surface area contributed by atoms with Crippen LogP contribution in [0.15, 0.2) is 186 Å². The van der Waals surface area contributed by atoms with Crippen LogP contribution in [0.1, 0.15) is 0 Å². The summed E-state index contributed by atoms with van der Waals surface area (Å²) in [4.78, 5) is 2.34. The molecule has 0 radical (unpaired) electrons. The topological polar surface area (TPSA) is 21.3 Å². The number of para-hydroxylation sites is 2. The molecule has 0 spiro atoms. The molecule has 49 heavy (non-hydrogen) atoms. The Bertz CT molecular complexity index is 2810. The van der Waals surface area contributed by atoms with Crippen molar-refractivity contribution in [1.29, 1.82) is 0 Å². The van der Waals surface area contributed by atoms with Crippen molar-refractivity contribution in [3.63, 3.8) is 0 Å². The highest BCUT2D eigenvalue weighted by molar-refractivity contribution is 6.15. The van der Waals surface area contributed by atoms with E-state index >= 15 is 0 Å². The van der Waals surface area contributed by atoms with Gasteiger partial charge >= 0.3 is 0 Å². The zero-order valence-corrected chi connectivity index (χ0v) is 26.6. The van der Waals surface area contributed by atoms with Crippen LogP contribution in [0.4, 0.5) is 17.1 Å². The van der Waals surface area contributed by atoms with Crippen LogP contribution in [0, 0.1) is 0 Å². The highest BCUT2D eigenvalue weighted by Crippen LogP contribution is 2.42. The van der Waals surface area contributed by atoms with Crippen LogP contribution in [0.5, 0.6) is 0 Å². The molecule has 2 aromatic heterocycles. The molecule has 230 valence electrons. The molecule has 10 rings (SSSR count). The third-order valence-electron chi connectivity index (χ3n) is 9.74. The molecule has 8 aromatic carbocycles. The fourth-order valence-electron chi connectivity index (χ4n) is 7.42. The number of rotatable bonds is 5. The first-order valence-corrected chi connectivity index (χ1v) is 16.7. The molecular weight excluding hydrogens is 597 g/mol. The van der Waals surface area contributed by atoms with Gasteiger partial charge in [0.25, 0.3) is 0 Å². The minimum Gasteiger partial charge on any atom is -0.456 e. The van der Waals surface area contributed by atoms with E-state index in [9.17, 15) is 0 Å². The second kappa shape index (κ2) is 11.0. The monoisotopic (exact) mass is 626 g/mol. The summed E-state index contributed by atoms with van der Waals surface area (Å²) in [5, 5.41) is 7.15. The molecule has 0 amide bonds. The van der Waals surface area contributed by atoms with E-state index < -0.39 is 0 Å². The fourth-order valence-corrected chi connectivity index (χ4v) is 7.42. The average molecular weight is 627 g/mol. The van der Waals surface area contributed by atoms with E-state index in [-0.39, 0.29) is 0 Å². The minimum atomic E-state index is 0.873. The van der Waals surface area contributed by atoms with E-state index in [0.717, 1.165) is 44.7 Å². The molecule has 0 unspecified atom stereocenters. The van der Waals surface area contributed by atoms with Gasteiger partial charge in [-0.2, -0.15) is 0 Å². The van der Waals surface area contributed by atoms with Gasteiger partial charge < -0.3 is 13.9 Å². The number of aromatic nitrogens is 1. The Labute approximate surface area is 283 Å². The lowest BCUT2D eigenvalue weighted by molar-refractivity contribution is 0.669. The maximum Gasteiger partial charge on any atom is 0.137 e. The van der Waals surface area contributed by atoms with Gasteiger partial charge in [0.2, 0.25) is 0 Å². The Morgan fingerprint density at radius 1 is 0.367 bits per heavy atom. The molecule has 0 aliphatic rings. The van der Waals surface area contributed by atoms with Gasteiger partial charge in [0.05, 0.1) is 11.0 Å². The lowest BCUT2D eigenvalue weighted by atomic mass is 10.0. The van der Waals surface area contributed by atoms with Crippen molar-refractivity contribution in [2.24, 2.45) is 0 Å². The molecule has 0 bridgehead atoms. The summed E-state index contributed by atoms with van der Waals surface area (Å²) in [5.41, 5.74) is 10.9. The smallest absolute Gasteiger partial charge is 0.137 e. The van der Waals surface area contributed by atoms with Crippen molar-refractivity contribution in [3.8, 4) is 16.8 Å². The number of benzene rings is 8. The van der Waals surface area contributed by atoms with Gasteiger partial charge in [0, 0.05) is 50.4 Å². The lowest BCUT2D eigenvalue weighted by Gasteiger charge is -2.26. The van der Waals surface area contributed by atoms with Gasteiger partial charge in [-0.15, -0.1) is 0 Å². The normalized spacial score (nSPS) is 11.7. The zero-order chi connectivity index (χ0) is 32.3. The van der Waals surface area contributed by atoms with Crippen molar-refractivity contribution in [2.45, 2.75) is 0 Å². The molecule has 3 nitrogen and oxygen atoms in total. The fraction of sp³-hybridized carbons (Fsp3) is 0. The molecule has 3 heteroatoms. The maximum absolute atomic E-state index is 6.38. The molecular formula is C46H30N2O. The molecule has 0 N–H and O–H groups in total. The number of fused-ring (bicyclic) bond motifs is 7. The standard InChI is InChI=1S/C46H30N2O/c1-3-11-31(12-4-1)32-19-21-36(22-20-32)47(38-23-25-40-39-17-9-10-18-45(39)49-46(40)30-38)37-24-26-43-42(29-37)41-27-33-13-7-8-14-34(33)28-44(41)48(43)35-15-5-2-6-16-35/h1-30H. The molecule has 0 saturated carbocycles. The molecule has 10 aromatic rings. The van der Waals surface area contributed by atoms with Crippen molar-refractivity contribution in [3.05, 3.63) is 182 Å². The van der Waals surface area contributed by atoms with Crippen LogP contribution in [-0.4, -0.2) is 4.57 Å². The number of hydrogen-bond acceptors (Lipinski definition) is 2. The van der Waals surface area contributed by atoms with Crippen molar-refractivity contribution < 1.29 is 4.42 Å². The van der Waals surface area contributed by atoms with Gasteiger partial charge in [-0.1, -0.05) is 103 Å². The van der Waals surface area contributed by atoms with Gasteiger partial charge in [-0.05, 0) is 94.7 Å². The van der Waals surface area contributed by atoms with Gasteiger partial charge in [0.1, 0.15) is 11.2 Å². The van der Waals surface area contributed by atoms with E-state index in [4.69, 9.17) is 4.42 Å². The molecule has 0 aliphatic heterocycles. The Kier molecular flexibility index (Phi) is 6.18. The summed E-state index contributed by atoms with van der Waals surface area (Å²) in [6.07, 6.45) is 0. The molecule has 0 fully saturated rings. The van der Waals surface area contributed by atoms with Crippen LogP contribution >= 0.6 is 0 Å². The number of anilines is 3. The first-order valence-electron chi connectivity index (χ1n) is 16.7. The largest absolute Gasteiger partial charge is 0.456 e. The van der Waals surface area contributed by atoms with Crippen LogP contribution in [0.2, 0.25) is 0 Å². The molecule has 0 aliphatic carbocycles. The number of nitrogens with zero attached hydrogens (tertiary/aromatic N) is 2. The van der Waals surface area contributed by atoms with Crippen molar-refractivity contribution in [1.82, 2.24) is 4.57 Å². The average Bonchev–Trinajstić information content (AvgIpc) is 3.69. The molecule has 0 atom stereocenters. The van der Waals surface area contributed by atoms with Gasteiger partial charge in [-0.25, -0.2) is 0 Å². The first kappa shape index (κ1) is 27.5. The SMILES string of the molecule is c1ccc(-c2ccc(N(c3ccc4c(c3)oc3ccccc34)c3ccc4c(c3)c3cc5ccccc5cc3n4-c3ccccc3)cc2)cc1. The Hall–Kier alpha value is -6.58. The molecule has 0 saturated heterocycles. The Morgan fingerprint density at radius 2 is 0.959 bits per heavy atom. The third-order valence-corrected chi connectivity index (χ3v) is 9.74. The first-order chi connectivity index (χ1) is 24.3. The van der Waals surface area contributed by atoms with E-state index in [0.29, 0.717) is 0 Å². The lowest BCUT2D eigenvalue weighted by Crippen LogP contribution is -2.09. The maximum atomic E-state index is 6.38. The predicted molar refractivity (Wildman–Crippen MR) is 206 cm³/mol. The summed E-state index contributed by atoms with van der Waals surface area (Å²) in [6.45, 7) is 0. The zero-order valence-electron chi connectivity index (χ0n) is 26.6. The third kappa shape index (κ3) is 4.51. The van der Waals surface area contributed by atoms with Crippen LogP contribution in [-0.2, 0) is 0 Å². The van der Waals surface area contributed by atoms with Crippen LogP contribution in [0.3, 0.4) is 0 Å². The molecule has 2 heterocycles. The predicted octanol–water partition coefficient (Wildman–Crippen LogP) is 13.0. The highest BCUT2D eigenvalue weighted by atomic mass is 16.3. The van der Waals surface area contributed by atoms with E-state index in [1.807, 2.05) is 12.1 Å². The van der Waals surface area contributed by atoms with Gasteiger partial charge in [0.15, 0.2) is 0 Å². The van der Waals surface area contributed by atoms with Gasteiger partial charge in [-0.3, -0.25) is 0 Å². The van der Waals surface area contributed by atoms with E-state index in [1.54, 1.807) is 0 Å². The number of hydrogen-bond donors (Lipinski definition) is 0. The van der Waals surface area contributed by atoms with E-state index in [1.165, 1.54) is 43.7 Å². The van der Waals surface area contributed by atoms with Crippen molar-refractivity contribution >= 4 is 71.6 Å². The summed E-state index contributed by atoms with van der Waals surface area (Å²) in [6, 6.07) is 65.0. The summed E-state index contributed by atoms with van der Waals surface area (Å²) in [5.74, 6) is 0. The summed E-state index contributed by atoms with van der Waals surface area (Å²) >= 11 is 0. The Morgan fingerprint density at radius 3 is 1.78 bits per heavy atom. The second-order valence-corrected chi connectivity index (χ2v) is 12.6. The van der Waals surface area contributed by atoms with Crippen LogP contribution in [0.25, 0.3) is 71.3 Å². The van der Waals surface area contributed by atoms with E-state index in [2.05, 4.69) is 179 Å². The quantitative estimate of drug-likeness (QED) is 0.190. The summed E-state index contributed by atoms with van der Waals surface area (Å²) in [7, 11) is 0. The second-order valence-electron chi connectivity index (χ2n) is 12.6.